The summed E-state index contributed by atoms with van der Waals surface area (Å²) in [4.78, 5) is 15.8. The first kappa shape index (κ1) is 17.9. The molecule has 0 fully saturated rings. The number of nitrogens with one attached hydrogen (secondary N) is 2. The van der Waals surface area contributed by atoms with Crippen LogP contribution in [0.3, 0.4) is 0 Å². The minimum Gasteiger partial charge on any atom is -0.394 e. The van der Waals surface area contributed by atoms with E-state index in [9.17, 15) is 18.0 Å². The topological polar surface area (TPSA) is 54.0 Å². The Bertz CT molecular complexity index is 796. The number of pyridine rings is 1. The van der Waals surface area contributed by atoms with Gasteiger partial charge in [-0.3, -0.25) is 4.79 Å². The first-order chi connectivity index (χ1) is 11.4. The normalized spacial score (nSPS) is 11.3. The Morgan fingerprint density at radius 2 is 1.96 bits per heavy atom. The lowest BCUT2D eigenvalue weighted by Crippen LogP contribution is -2.11. The SMILES string of the molecule is CN/C=C(\C)C(=O)c1c(F)ccc(NSc2cccc(F)n2)c1F. The van der Waals surface area contributed by atoms with Gasteiger partial charge in [0.2, 0.25) is 5.95 Å². The van der Waals surface area contributed by atoms with Gasteiger partial charge in [-0.15, -0.1) is 0 Å². The highest BCUT2D eigenvalue weighted by atomic mass is 32.2. The van der Waals surface area contributed by atoms with Gasteiger partial charge in [0.05, 0.1) is 11.3 Å². The van der Waals surface area contributed by atoms with Crippen molar-refractivity contribution < 1.29 is 18.0 Å². The van der Waals surface area contributed by atoms with Crippen LogP contribution in [0.25, 0.3) is 0 Å². The summed E-state index contributed by atoms with van der Waals surface area (Å²) in [6.45, 7) is 1.45. The van der Waals surface area contributed by atoms with Crippen LogP contribution in [0.1, 0.15) is 17.3 Å². The van der Waals surface area contributed by atoms with Gasteiger partial charge in [-0.25, -0.2) is 13.8 Å². The standard InChI is InChI=1S/C16H14F3N3OS/c1-9(8-20-2)16(23)14-10(17)6-7-11(15(14)19)22-24-13-5-3-4-12(18)21-13/h3-8,20,22H,1-2H3/b9-8+. The molecule has 126 valence electrons. The smallest absolute Gasteiger partial charge is 0.213 e. The molecule has 1 aromatic heterocycles. The number of nitrogens with zero attached hydrogens (tertiary/aromatic N) is 1. The molecular weight excluding hydrogens is 339 g/mol. The van der Waals surface area contributed by atoms with Crippen molar-refractivity contribution in [3.8, 4) is 0 Å². The van der Waals surface area contributed by atoms with E-state index in [1.165, 1.54) is 31.3 Å². The number of halogens is 3. The number of allylic oxidation sites excluding steroid dienone is 1. The fourth-order valence-corrected chi connectivity index (χ4v) is 2.52. The van der Waals surface area contributed by atoms with Gasteiger partial charge in [0.25, 0.3) is 0 Å². The van der Waals surface area contributed by atoms with Crippen molar-refractivity contribution in [1.29, 1.82) is 0 Å². The molecule has 2 N–H and O–H groups in total. The summed E-state index contributed by atoms with van der Waals surface area (Å²) in [5, 5.41) is 2.89. The van der Waals surface area contributed by atoms with Crippen molar-refractivity contribution in [3.05, 3.63) is 65.3 Å². The molecule has 0 saturated carbocycles. The van der Waals surface area contributed by atoms with Gasteiger partial charge in [-0.05, 0) is 31.2 Å². The van der Waals surface area contributed by atoms with E-state index in [-0.39, 0.29) is 16.3 Å². The van der Waals surface area contributed by atoms with E-state index in [4.69, 9.17) is 0 Å². The van der Waals surface area contributed by atoms with Crippen LogP contribution in [0, 0.1) is 17.6 Å². The van der Waals surface area contributed by atoms with E-state index in [1.54, 1.807) is 7.05 Å². The number of benzene rings is 1. The number of Topliss-reactive ketones (excluding diaryl/α,β-unsaturated/α-hetero) is 1. The summed E-state index contributed by atoms with van der Waals surface area (Å²) in [5.74, 6) is -3.42. The summed E-state index contributed by atoms with van der Waals surface area (Å²) in [5.41, 5.74) is -0.600. The number of rotatable bonds is 6. The van der Waals surface area contributed by atoms with Crippen LogP contribution in [-0.2, 0) is 0 Å². The first-order valence-electron chi connectivity index (χ1n) is 6.86. The Labute approximate surface area is 141 Å². The zero-order valence-corrected chi connectivity index (χ0v) is 13.7. The lowest BCUT2D eigenvalue weighted by molar-refractivity contribution is 0.102. The van der Waals surface area contributed by atoms with Gasteiger partial charge in [-0.1, -0.05) is 6.07 Å². The van der Waals surface area contributed by atoms with Crippen LogP contribution in [0.5, 0.6) is 0 Å². The minimum absolute atomic E-state index is 0.104. The highest BCUT2D eigenvalue weighted by Crippen LogP contribution is 2.27. The molecule has 1 heterocycles. The van der Waals surface area contributed by atoms with E-state index in [2.05, 4.69) is 15.0 Å². The Balaban J connectivity index is 2.28. The third-order valence-corrected chi connectivity index (χ3v) is 3.75. The quantitative estimate of drug-likeness (QED) is 0.357. The van der Waals surface area contributed by atoms with E-state index in [1.807, 2.05) is 0 Å². The number of hydrogen-bond acceptors (Lipinski definition) is 5. The fourth-order valence-electron chi connectivity index (χ4n) is 1.87. The van der Waals surface area contributed by atoms with Crippen molar-refractivity contribution in [2.45, 2.75) is 11.9 Å². The molecule has 0 aliphatic carbocycles. The van der Waals surface area contributed by atoms with E-state index >= 15 is 0 Å². The average Bonchev–Trinajstić information content (AvgIpc) is 2.54. The fraction of sp³-hybridized carbons (Fsp3) is 0.125. The summed E-state index contributed by atoms with van der Waals surface area (Å²) < 4.78 is 44.0. The monoisotopic (exact) mass is 353 g/mol. The maximum absolute atomic E-state index is 14.5. The van der Waals surface area contributed by atoms with Gasteiger partial charge >= 0.3 is 0 Å². The second-order valence-electron chi connectivity index (χ2n) is 4.73. The predicted molar refractivity (Wildman–Crippen MR) is 87.2 cm³/mol. The minimum atomic E-state index is -1.02. The first-order valence-corrected chi connectivity index (χ1v) is 7.68. The molecule has 2 rings (SSSR count). The van der Waals surface area contributed by atoms with Crippen molar-refractivity contribution in [1.82, 2.24) is 10.3 Å². The maximum atomic E-state index is 14.5. The molecule has 0 unspecified atom stereocenters. The molecule has 1 aromatic carbocycles. The number of carbonyl (C=O) groups is 1. The van der Waals surface area contributed by atoms with Crippen LogP contribution in [0.15, 0.2) is 47.1 Å². The average molecular weight is 353 g/mol. The second-order valence-corrected chi connectivity index (χ2v) is 5.56. The lowest BCUT2D eigenvalue weighted by atomic mass is 10.0. The summed E-state index contributed by atoms with van der Waals surface area (Å²) in [6.07, 6.45) is 1.35. The molecular formula is C16H14F3N3OS. The Kier molecular flexibility index (Phi) is 5.86. The highest BCUT2D eigenvalue weighted by molar-refractivity contribution is 8.00. The van der Waals surface area contributed by atoms with Gasteiger partial charge < -0.3 is 10.0 Å². The zero-order chi connectivity index (χ0) is 17.7. The lowest BCUT2D eigenvalue weighted by Gasteiger charge is -2.10. The number of anilines is 1. The third kappa shape index (κ3) is 4.08. The van der Waals surface area contributed by atoms with Crippen molar-refractivity contribution >= 4 is 23.4 Å². The Morgan fingerprint density at radius 1 is 1.21 bits per heavy atom. The molecule has 0 amide bonds. The van der Waals surface area contributed by atoms with Gasteiger partial charge in [0.15, 0.2) is 11.6 Å². The van der Waals surface area contributed by atoms with E-state index in [0.717, 1.165) is 24.1 Å². The van der Waals surface area contributed by atoms with Crippen LogP contribution in [-0.4, -0.2) is 17.8 Å². The van der Waals surface area contributed by atoms with Crippen LogP contribution >= 0.6 is 11.9 Å². The van der Waals surface area contributed by atoms with Gasteiger partial charge in [0.1, 0.15) is 10.8 Å². The van der Waals surface area contributed by atoms with Gasteiger partial charge in [0, 0.05) is 30.8 Å². The van der Waals surface area contributed by atoms with Crippen molar-refractivity contribution in [2.75, 3.05) is 11.8 Å². The van der Waals surface area contributed by atoms with Crippen LogP contribution in [0.2, 0.25) is 0 Å². The highest BCUT2D eigenvalue weighted by Gasteiger charge is 2.21. The second kappa shape index (κ2) is 7.87. The number of ketones is 1. The maximum Gasteiger partial charge on any atom is 0.213 e. The molecule has 0 spiro atoms. The number of hydrogen-bond donors (Lipinski definition) is 2. The van der Waals surface area contributed by atoms with Gasteiger partial charge in [-0.2, -0.15) is 4.39 Å². The third-order valence-electron chi connectivity index (χ3n) is 2.99. The molecule has 0 bridgehead atoms. The van der Waals surface area contributed by atoms with Crippen LogP contribution < -0.4 is 10.0 Å². The van der Waals surface area contributed by atoms with E-state index < -0.39 is 28.9 Å². The number of carbonyl (C=O) groups excluding carboxylic acids is 1. The molecule has 0 radical (unpaired) electrons. The van der Waals surface area contributed by atoms with Crippen molar-refractivity contribution in [3.63, 3.8) is 0 Å². The Hall–Kier alpha value is -2.48. The molecule has 0 aliphatic heterocycles. The summed E-state index contributed by atoms with van der Waals surface area (Å²) in [6, 6.07) is 6.30. The van der Waals surface area contributed by atoms with Crippen molar-refractivity contribution in [2.24, 2.45) is 0 Å². The van der Waals surface area contributed by atoms with Crippen LogP contribution in [0.4, 0.5) is 18.9 Å². The molecule has 0 aliphatic rings. The molecule has 0 saturated heterocycles. The number of aromatic nitrogens is 1. The largest absolute Gasteiger partial charge is 0.394 e. The molecule has 8 heteroatoms. The molecule has 4 nitrogen and oxygen atoms in total. The molecule has 24 heavy (non-hydrogen) atoms. The Morgan fingerprint density at radius 3 is 2.62 bits per heavy atom. The summed E-state index contributed by atoms with van der Waals surface area (Å²) in [7, 11) is 1.57. The zero-order valence-electron chi connectivity index (χ0n) is 12.9. The van der Waals surface area contributed by atoms with E-state index in [0.29, 0.717) is 0 Å². The molecule has 0 atom stereocenters. The predicted octanol–water partition coefficient (Wildman–Crippen LogP) is 3.92. The summed E-state index contributed by atoms with van der Waals surface area (Å²) >= 11 is 0.845. The molecule has 2 aromatic rings.